The summed E-state index contributed by atoms with van der Waals surface area (Å²) in [5.41, 5.74) is 5.59. The smallest absolute Gasteiger partial charge is 0.222 e. The first kappa shape index (κ1) is 10.5. The van der Waals surface area contributed by atoms with Gasteiger partial charge in [-0.1, -0.05) is 0 Å². The molecule has 1 saturated heterocycles. The molecule has 1 aliphatic rings. The third-order valence-corrected chi connectivity index (χ3v) is 3.12. The molecule has 1 aliphatic heterocycles. The molecule has 0 radical (unpaired) electrons. The van der Waals surface area contributed by atoms with E-state index in [4.69, 9.17) is 5.73 Å². The van der Waals surface area contributed by atoms with Gasteiger partial charge in [0.2, 0.25) is 5.91 Å². The molecule has 1 aromatic rings. The fourth-order valence-electron chi connectivity index (χ4n) is 1.69. The highest BCUT2D eigenvalue weighted by molar-refractivity contribution is 9.10. The van der Waals surface area contributed by atoms with E-state index in [1.165, 1.54) is 0 Å². The van der Waals surface area contributed by atoms with Crippen molar-refractivity contribution >= 4 is 27.7 Å². The number of rotatable bonds is 3. The molecule has 1 amide bonds. The van der Waals surface area contributed by atoms with E-state index in [2.05, 4.69) is 21.0 Å². The Morgan fingerprint density at radius 3 is 2.87 bits per heavy atom. The third-order valence-electron chi connectivity index (χ3n) is 2.51. The van der Waals surface area contributed by atoms with E-state index in [-0.39, 0.29) is 5.91 Å². The number of hydrogen-bond donors (Lipinski definition) is 1. The Hall–Kier alpha value is -1.04. The molecule has 1 fully saturated rings. The fourth-order valence-corrected chi connectivity index (χ4v) is 2.01. The van der Waals surface area contributed by atoms with Gasteiger partial charge in [-0.25, -0.2) is 0 Å². The zero-order valence-electron chi connectivity index (χ0n) is 8.32. The van der Waals surface area contributed by atoms with Crippen molar-refractivity contribution in [3.05, 3.63) is 10.7 Å². The molecular formula is C9H13BrN4O. The molecule has 6 heteroatoms. The van der Waals surface area contributed by atoms with Crippen molar-refractivity contribution in [2.75, 3.05) is 18.8 Å². The highest BCUT2D eigenvalue weighted by Gasteiger charge is 2.19. The van der Waals surface area contributed by atoms with Crippen molar-refractivity contribution in [3.63, 3.8) is 0 Å². The lowest BCUT2D eigenvalue weighted by Crippen LogP contribution is -2.28. The summed E-state index contributed by atoms with van der Waals surface area (Å²) < 4.78 is 2.56. The standard InChI is InChI=1S/C9H13BrN4O/c10-7-6-14(12-9(7)11)5-4-13-3-1-2-8(13)15/h6H,1-5H2,(H2,11,12). The molecule has 0 aliphatic carbocycles. The Bertz CT molecular complexity index is 357. The predicted molar refractivity (Wildman–Crippen MR) is 60.2 cm³/mol. The second kappa shape index (κ2) is 4.22. The number of anilines is 1. The largest absolute Gasteiger partial charge is 0.381 e. The number of likely N-dealkylation sites (tertiary alicyclic amines) is 1. The molecule has 0 saturated carbocycles. The molecule has 5 nitrogen and oxygen atoms in total. The average Bonchev–Trinajstić information content (AvgIpc) is 2.72. The normalized spacial score (nSPS) is 16.3. The van der Waals surface area contributed by atoms with Gasteiger partial charge >= 0.3 is 0 Å². The van der Waals surface area contributed by atoms with Gasteiger partial charge in [0.1, 0.15) is 0 Å². The Labute approximate surface area is 96.4 Å². The summed E-state index contributed by atoms with van der Waals surface area (Å²) >= 11 is 3.29. The molecule has 2 rings (SSSR count). The summed E-state index contributed by atoms with van der Waals surface area (Å²) in [6.07, 6.45) is 3.49. The number of carbonyl (C=O) groups is 1. The van der Waals surface area contributed by atoms with E-state index in [0.717, 1.165) is 17.4 Å². The van der Waals surface area contributed by atoms with Gasteiger partial charge in [0, 0.05) is 25.7 Å². The predicted octanol–water partition coefficient (Wildman–Crippen LogP) is 0.850. The summed E-state index contributed by atoms with van der Waals surface area (Å²) in [5.74, 6) is 0.733. The summed E-state index contributed by atoms with van der Waals surface area (Å²) in [6, 6.07) is 0. The van der Waals surface area contributed by atoms with Crippen LogP contribution < -0.4 is 5.73 Å². The maximum atomic E-state index is 11.3. The molecule has 0 unspecified atom stereocenters. The average molecular weight is 273 g/mol. The number of nitrogens with zero attached hydrogens (tertiary/aromatic N) is 3. The number of hydrogen-bond acceptors (Lipinski definition) is 3. The molecule has 2 heterocycles. The number of amides is 1. The number of nitrogens with two attached hydrogens (primary N) is 1. The lowest BCUT2D eigenvalue weighted by atomic mass is 10.4. The number of nitrogen functional groups attached to an aromatic ring is 1. The minimum absolute atomic E-state index is 0.245. The first-order valence-corrected chi connectivity index (χ1v) is 5.72. The highest BCUT2D eigenvalue weighted by atomic mass is 79.9. The molecule has 0 bridgehead atoms. The molecule has 82 valence electrons. The van der Waals surface area contributed by atoms with Crippen molar-refractivity contribution in [3.8, 4) is 0 Å². The molecule has 15 heavy (non-hydrogen) atoms. The SMILES string of the molecule is Nc1nn(CCN2CCCC2=O)cc1Br. The van der Waals surface area contributed by atoms with Crippen LogP contribution in [0.5, 0.6) is 0 Å². The Morgan fingerprint density at radius 1 is 1.53 bits per heavy atom. The number of halogens is 1. The van der Waals surface area contributed by atoms with Crippen LogP contribution in [0.2, 0.25) is 0 Å². The van der Waals surface area contributed by atoms with Crippen LogP contribution in [0.3, 0.4) is 0 Å². The van der Waals surface area contributed by atoms with Crippen LogP contribution in [0.1, 0.15) is 12.8 Å². The van der Waals surface area contributed by atoms with Crippen molar-refractivity contribution in [2.24, 2.45) is 0 Å². The van der Waals surface area contributed by atoms with E-state index in [1.54, 1.807) is 4.68 Å². The van der Waals surface area contributed by atoms with Gasteiger partial charge in [-0.15, -0.1) is 0 Å². The van der Waals surface area contributed by atoms with Crippen LogP contribution >= 0.6 is 15.9 Å². The van der Waals surface area contributed by atoms with Crippen LogP contribution in [0.25, 0.3) is 0 Å². The van der Waals surface area contributed by atoms with E-state index in [1.807, 2.05) is 11.1 Å². The molecule has 0 atom stereocenters. The van der Waals surface area contributed by atoms with E-state index in [9.17, 15) is 4.79 Å². The lowest BCUT2D eigenvalue weighted by molar-refractivity contribution is -0.127. The third kappa shape index (κ3) is 2.31. The quantitative estimate of drug-likeness (QED) is 0.888. The molecule has 0 aromatic carbocycles. The molecule has 0 spiro atoms. The number of carbonyl (C=O) groups excluding carboxylic acids is 1. The summed E-state index contributed by atoms with van der Waals surface area (Å²) in [6.45, 7) is 2.28. The van der Waals surface area contributed by atoms with Crippen LogP contribution in [0, 0.1) is 0 Å². The van der Waals surface area contributed by atoms with Gasteiger partial charge in [0.25, 0.3) is 0 Å². The second-order valence-electron chi connectivity index (χ2n) is 3.61. The highest BCUT2D eigenvalue weighted by Crippen LogP contribution is 2.16. The van der Waals surface area contributed by atoms with Gasteiger partial charge < -0.3 is 10.6 Å². The zero-order chi connectivity index (χ0) is 10.8. The van der Waals surface area contributed by atoms with Gasteiger partial charge in [-0.05, 0) is 22.4 Å². The Kier molecular flexibility index (Phi) is 2.95. The van der Waals surface area contributed by atoms with Crippen molar-refractivity contribution in [1.82, 2.24) is 14.7 Å². The van der Waals surface area contributed by atoms with Gasteiger partial charge in [-0.3, -0.25) is 9.48 Å². The van der Waals surface area contributed by atoms with Gasteiger partial charge in [0.05, 0.1) is 11.0 Å². The van der Waals surface area contributed by atoms with Crippen LogP contribution in [-0.2, 0) is 11.3 Å². The van der Waals surface area contributed by atoms with Crippen LogP contribution in [-0.4, -0.2) is 33.7 Å². The Morgan fingerprint density at radius 2 is 2.33 bits per heavy atom. The minimum atomic E-state index is 0.245. The van der Waals surface area contributed by atoms with Crippen molar-refractivity contribution in [2.45, 2.75) is 19.4 Å². The minimum Gasteiger partial charge on any atom is -0.381 e. The van der Waals surface area contributed by atoms with E-state index >= 15 is 0 Å². The van der Waals surface area contributed by atoms with E-state index < -0.39 is 0 Å². The molecule has 2 N–H and O–H groups in total. The van der Waals surface area contributed by atoms with Crippen LogP contribution in [0.4, 0.5) is 5.82 Å². The lowest BCUT2D eigenvalue weighted by Gasteiger charge is -2.14. The first-order valence-electron chi connectivity index (χ1n) is 4.93. The fraction of sp³-hybridized carbons (Fsp3) is 0.556. The summed E-state index contributed by atoms with van der Waals surface area (Å²) in [5, 5.41) is 4.11. The number of aromatic nitrogens is 2. The van der Waals surface area contributed by atoms with E-state index in [0.29, 0.717) is 25.3 Å². The second-order valence-corrected chi connectivity index (χ2v) is 4.46. The Balaban J connectivity index is 1.90. The molecule has 1 aromatic heterocycles. The van der Waals surface area contributed by atoms with Crippen LogP contribution in [0.15, 0.2) is 10.7 Å². The van der Waals surface area contributed by atoms with Gasteiger partial charge in [0.15, 0.2) is 5.82 Å². The zero-order valence-corrected chi connectivity index (χ0v) is 9.90. The summed E-state index contributed by atoms with van der Waals surface area (Å²) in [7, 11) is 0. The van der Waals surface area contributed by atoms with Crippen molar-refractivity contribution in [1.29, 1.82) is 0 Å². The summed E-state index contributed by atoms with van der Waals surface area (Å²) in [4.78, 5) is 13.2. The topological polar surface area (TPSA) is 64.2 Å². The maximum Gasteiger partial charge on any atom is 0.222 e. The monoisotopic (exact) mass is 272 g/mol. The molecular weight excluding hydrogens is 260 g/mol. The van der Waals surface area contributed by atoms with Gasteiger partial charge in [-0.2, -0.15) is 5.10 Å². The maximum absolute atomic E-state index is 11.3. The van der Waals surface area contributed by atoms with Crippen molar-refractivity contribution < 1.29 is 4.79 Å². The first-order chi connectivity index (χ1) is 7.16.